The van der Waals surface area contributed by atoms with Crippen LogP contribution in [0.1, 0.15) is 24.6 Å². The molecule has 0 aromatic carbocycles. The third-order valence-electron chi connectivity index (χ3n) is 4.49. The Labute approximate surface area is 164 Å². The SMILES string of the molecule is CC1=CC(C(=O)O)=NC1=Cc1[nH]c(-c2cccs2)cc1CCC[N+](C)(C)C. The third kappa shape index (κ3) is 4.84. The number of allylic oxidation sites excluding steroid dienone is 1. The molecule has 0 aliphatic carbocycles. The predicted octanol–water partition coefficient (Wildman–Crippen LogP) is 4.21. The Kier molecular flexibility index (Phi) is 5.48. The lowest BCUT2D eigenvalue weighted by Crippen LogP contribution is -2.35. The Morgan fingerprint density at radius 3 is 2.74 bits per heavy atom. The summed E-state index contributed by atoms with van der Waals surface area (Å²) in [7, 11) is 6.60. The highest BCUT2D eigenvalue weighted by Crippen LogP contribution is 2.29. The smallest absolute Gasteiger partial charge is 0.354 e. The molecule has 2 aromatic heterocycles. The van der Waals surface area contributed by atoms with E-state index in [1.54, 1.807) is 17.4 Å². The second kappa shape index (κ2) is 7.66. The van der Waals surface area contributed by atoms with Crippen molar-refractivity contribution in [2.24, 2.45) is 4.99 Å². The number of hydrogen-bond acceptors (Lipinski definition) is 3. The van der Waals surface area contributed by atoms with Crippen LogP contribution in [0, 0.1) is 0 Å². The summed E-state index contributed by atoms with van der Waals surface area (Å²) in [5, 5.41) is 11.2. The van der Waals surface area contributed by atoms with Gasteiger partial charge in [-0.05, 0) is 54.1 Å². The summed E-state index contributed by atoms with van der Waals surface area (Å²) in [6, 6.07) is 6.36. The number of aliphatic imine (C=N–C) groups is 1. The van der Waals surface area contributed by atoms with Crippen LogP contribution in [0.2, 0.25) is 0 Å². The Bertz CT molecular complexity index is 925. The molecule has 1 aliphatic rings. The molecule has 2 N–H and O–H groups in total. The first kappa shape index (κ1) is 19.3. The summed E-state index contributed by atoms with van der Waals surface area (Å²) in [5.74, 6) is -0.994. The minimum Gasteiger partial charge on any atom is -0.477 e. The van der Waals surface area contributed by atoms with Gasteiger partial charge in [-0.15, -0.1) is 11.3 Å². The van der Waals surface area contributed by atoms with Crippen molar-refractivity contribution in [3.8, 4) is 10.6 Å². The Hall–Kier alpha value is -2.44. The molecular weight excluding hydrogens is 358 g/mol. The molecule has 0 radical (unpaired) electrons. The predicted molar refractivity (Wildman–Crippen MR) is 112 cm³/mol. The quantitative estimate of drug-likeness (QED) is 0.703. The van der Waals surface area contributed by atoms with Gasteiger partial charge >= 0.3 is 5.97 Å². The highest BCUT2D eigenvalue weighted by molar-refractivity contribution is 7.13. The Balaban J connectivity index is 1.92. The standard InChI is InChI=1S/C21H25N3O2S/c1-14-11-19(21(25)26)22-16(14)13-17-15(7-5-9-24(2,3)4)12-18(23-17)20-8-6-10-27-20/h6,8,10-13H,5,7,9H2,1-4H3,(H-,22,23,25,26)/p+1. The summed E-state index contributed by atoms with van der Waals surface area (Å²) in [6.45, 7) is 2.99. The third-order valence-corrected chi connectivity index (χ3v) is 5.40. The maximum absolute atomic E-state index is 11.2. The molecule has 1 aliphatic heterocycles. The molecule has 6 heteroatoms. The largest absolute Gasteiger partial charge is 0.477 e. The van der Waals surface area contributed by atoms with Gasteiger partial charge in [0.1, 0.15) is 5.71 Å². The highest BCUT2D eigenvalue weighted by atomic mass is 32.1. The van der Waals surface area contributed by atoms with Crippen LogP contribution < -0.4 is 0 Å². The van der Waals surface area contributed by atoms with Crippen molar-refractivity contribution in [1.29, 1.82) is 0 Å². The van der Waals surface area contributed by atoms with Crippen LogP contribution in [0.25, 0.3) is 16.6 Å². The Morgan fingerprint density at radius 2 is 2.15 bits per heavy atom. The zero-order valence-corrected chi connectivity index (χ0v) is 17.1. The summed E-state index contributed by atoms with van der Waals surface area (Å²) in [5.41, 5.74) is 5.02. The number of H-pyrrole nitrogens is 1. The number of rotatable bonds is 7. The van der Waals surface area contributed by atoms with Crippen LogP contribution in [-0.2, 0) is 11.2 Å². The fourth-order valence-electron chi connectivity index (χ4n) is 3.08. The van der Waals surface area contributed by atoms with Gasteiger partial charge in [0.25, 0.3) is 0 Å². The number of nitrogens with zero attached hydrogens (tertiary/aromatic N) is 2. The number of aromatic amines is 1. The van der Waals surface area contributed by atoms with Crippen LogP contribution in [0.3, 0.4) is 0 Å². The van der Waals surface area contributed by atoms with Gasteiger partial charge in [-0.3, -0.25) is 0 Å². The van der Waals surface area contributed by atoms with Crippen molar-refractivity contribution >= 4 is 29.1 Å². The Morgan fingerprint density at radius 1 is 1.37 bits per heavy atom. The maximum Gasteiger partial charge on any atom is 0.354 e. The van der Waals surface area contributed by atoms with Gasteiger partial charge < -0.3 is 14.6 Å². The second-order valence-electron chi connectivity index (χ2n) is 7.88. The van der Waals surface area contributed by atoms with Crippen LogP contribution in [0.15, 0.2) is 45.9 Å². The molecule has 27 heavy (non-hydrogen) atoms. The number of carboxylic acid groups (broad SMARTS) is 1. The molecule has 3 rings (SSSR count). The van der Waals surface area contributed by atoms with Gasteiger partial charge in [-0.25, -0.2) is 9.79 Å². The molecule has 0 spiro atoms. The first-order chi connectivity index (χ1) is 12.7. The summed E-state index contributed by atoms with van der Waals surface area (Å²) < 4.78 is 0.937. The van der Waals surface area contributed by atoms with Crippen molar-refractivity contribution in [1.82, 2.24) is 4.98 Å². The first-order valence-corrected chi connectivity index (χ1v) is 9.89. The lowest BCUT2D eigenvalue weighted by atomic mass is 10.1. The van der Waals surface area contributed by atoms with E-state index in [9.17, 15) is 9.90 Å². The van der Waals surface area contributed by atoms with E-state index in [2.05, 4.69) is 48.6 Å². The van der Waals surface area contributed by atoms with E-state index in [0.717, 1.165) is 40.8 Å². The number of quaternary nitrogens is 1. The number of aromatic nitrogens is 1. The fourth-order valence-corrected chi connectivity index (χ4v) is 3.78. The van der Waals surface area contributed by atoms with E-state index in [1.165, 1.54) is 10.4 Å². The van der Waals surface area contributed by atoms with Crippen molar-refractivity contribution in [3.05, 3.63) is 52.2 Å². The molecule has 0 saturated heterocycles. The summed E-state index contributed by atoms with van der Waals surface area (Å²) >= 11 is 1.70. The lowest BCUT2D eigenvalue weighted by Gasteiger charge is -2.23. The van der Waals surface area contributed by atoms with E-state index in [4.69, 9.17) is 0 Å². The van der Waals surface area contributed by atoms with E-state index >= 15 is 0 Å². The summed E-state index contributed by atoms with van der Waals surface area (Å²) in [6.07, 6.45) is 5.64. The van der Waals surface area contributed by atoms with Crippen LogP contribution in [0.5, 0.6) is 0 Å². The number of carboxylic acids is 1. The van der Waals surface area contributed by atoms with Gasteiger partial charge in [0, 0.05) is 12.1 Å². The average Bonchev–Trinajstić information content (AvgIpc) is 3.28. The number of aryl methyl sites for hydroxylation is 1. The van der Waals surface area contributed by atoms with Gasteiger partial charge in [0.2, 0.25) is 0 Å². The van der Waals surface area contributed by atoms with E-state index in [-0.39, 0.29) is 5.71 Å². The van der Waals surface area contributed by atoms with Crippen LogP contribution >= 0.6 is 11.3 Å². The highest BCUT2D eigenvalue weighted by Gasteiger charge is 2.18. The molecule has 2 aromatic rings. The van der Waals surface area contributed by atoms with E-state index in [0.29, 0.717) is 5.70 Å². The number of hydrogen-bond donors (Lipinski definition) is 2. The number of aliphatic carboxylic acids is 1. The second-order valence-corrected chi connectivity index (χ2v) is 8.82. The van der Waals surface area contributed by atoms with Gasteiger partial charge in [-0.1, -0.05) is 6.07 Å². The normalized spacial score (nSPS) is 15.9. The average molecular weight is 385 g/mol. The number of thiophene rings is 1. The maximum atomic E-state index is 11.2. The van der Waals surface area contributed by atoms with Crippen LogP contribution in [0.4, 0.5) is 0 Å². The zero-order valence-electron chi connectivity index (χ0n) is 16.2. The van der Waals surface area contributed by atoms with Crippen molar-refractivity contribution < 1.29 is 14.4 Å². The molecule has 0 fully saturated rings. The summed E-state index contributed by atoms with van der Waals surface area (Å²) in [4.78, 5) is 20.2. The molecule has 3 heterocycles. The van der Waals surface area contributed by atoms with Gasteiger partial charge in [0.15, 0.2) is 0 Å². The minimum atomic E-state index is -0.994. The lowest BCUT2D eigenvalue weighted by molar-refractivity contribution is -0.870. The molecule has 142 valence electrons. The van der Waals surface area contributed by atoms with Crippen molar-refractivity contribution in [2.45, 2.75) is 19.8 Å². The molecule has 0 bridgehead atoms. The van der Waals surface area contributed by atoms with Gasteiger partial charge in [0.05, 0.1) is 44.0 Å². The number of carbonyl (C=O) groups is 1. The fraction of sp³-hybridized carbons (Fsp3) is 0.333. The first-order valence-electron chi connectivity index (χ1n) is 9.01. The van der Waals surface area contributed by atoms with E-state index < -0.39 is 5.97 Å². The molecular formula is C21H26N3O2S+. The van der Waals surface area contributed by atoms with Crippen molar-refractivity contribution in [3.63, 3.8) is 0 Å². The van der Waals surface area contributed by atoms with Crippen LogP contribution in [-0.4, -0.2) is 53.9 Å². The molecule has 0 saturated carbocycles. The van der Waals surface area contributed by atoms with Gasteiger partial charge in [-0.2, -0.15) is 0 Å². The van der Waals surface area contributed by atoms with Crippen molar-refractivity contribution in [2.75, 3.05) is 27.7 Å². The molecule has 0 amide bonds. The monoisotopic (exact) mass is 384 g/mol. The minimum absolute atomic E-state index is 0.0929. The van der Waals surface area contributed by atoms with E-state index in [1.807, 2.05) is 19.1 Å². The molecule has 0 atom stereocenters. The number of nitrogens with one attached hydrogen (secondary N) is 1. The molecule has 5 nitrogen and oxygen atoms in total. The molecule has 0 unspecified atom stereocenters. The topological polar surface area (TPSA) is 65.4 Å². The zero-order chi connectivity index (χ0) is 19.6.